The Bertz CT molecular complexity index is 170. The van der Waals surface area contributed by atoms with Crippen LogP contribution in [0, 0.1) is 6.92 Å². The molecular formula is C8H15NO. The molecule has 1 N–H and O–H groups in total. The van der Waals surface area contributed by atoms with E-state index in [0.717, 1.165) is 11.4 Å². The lowest BCUT2D eigenvalue weighted by molar-refractivity contribution is 0.581. The van der Waals surface area contributed by atoms with Crippen LogP contribution in [0.15, 0.2) is 16.7 Å². The molecule has 0 fully saturated rings. The van der Waals surface area contributed by atoms with Gasteiger partial charge in [0.05, 0.1) is 6.26 Å². The summed E-state index contributed by atoms with van der Waals surface area (Å²) in [5.41, 5.74) is 1.15. The highest BCUT2D eigenvalue weighted by atomic mass is 16.3. The Hall–Kier alpha value is -0.920. The Morgan fingerprint density at radius 1 is 1.40 bits per heavy atom. The molecule has 0 radical (unpaired) electrons. The van der Waals surface area contributed by atoms with Crippen molar-refractivity contribution in [1.29, 1.82) is 0 Å². The lowest BCUT2D eigenvalue weighted by Crippen LogP contribution is -1.85. The van der Waals surface area contributed by atoms with Crippen molar-refractivity contribution in [3.05, 3.63) is 17.9 Å². The van der Waals surface area contributed by atoms with Gasteiger partial charge in [-0.3, -0.25) is 0 Å². The third kappa shape index (κ3) is 2.13. The molecule has 1 aromatic rings. The normalized spacial score (nSPS) is 8.00. The van der Waals surface area contributed by atoms with Gasteiger partial charge in [0.25, 0.3) is 0 Å². The monoisotopic (exact) mass is 141 g/mol. The van der Waals surface area contributed by atoms with E-state index in [1.165, 1.54) is 0 Å². The largest absolute Gasteiger partial charge is 0.449 e. The molecule has 0 aliphatic heterocycles. The Kier molecular flexibility index (Phi) is 4.46. The SMILES string of the molecule is CC.CNc1occc1C. The molecule has 0 bridgehead atoms. The van der Waals surface area contributed by atoms with E-state index >= 15 is 0 Å². The molecule has 2 heteroatoms. The third-order valence-corrected chi connectivity index (χ3v) is 1.09. The molecule has 0 aromatic carbocycles. The minimum Gasteiger partial charge on any atom is -0.449 e. The fourth-order valence-corrected chi connectivity index (χ4v) is 0.629. The van der Waals surface area contributed by atoms with E-state index in [2.05, 4.69) is 5.32 Å². The fraction of sp³-hybridized carbons (Fsp3) is 0.500. The van der Waals surface area contributed by atoms with Crippen molar-refractivity contribution >= 4 is 5.88 Å². The molecule has 0 aliphatic carbocycles. The standard InChI is InChI=1S/C6H9NO.C2H6/c1-5-3-4-8-6(5)7-2;1-2/h3-4,7H,1-2H3;1-2H3. The molecule has 0 unspecified atom stereocenters. The highest BCUT2D eigenvalue weighted by molar-refractivity contribution is 5.38. The number of rotatable bonds is 1. The summed E-state index contributed by atoms with van der Waals surface area (Å²) >= 11 is 0. The number of furan rings is 1. The molecule has 0 saturated carbocycles. The summed E-state index contributed by atoms with van der Waals surface area (Å²) in [6, 6.07) is 1.92. The Labute approximate surface area is 62.2 Å². The summed E-state index contributed by atoms with van der Waals surface area (Å²) in [6.45, 7) is 6.00. The topological polar surface area (TPSA) is 25.2 Å². The molecule has 0 atom stereocenters. The quantitative estimate of drug-likeness (QED) is 0.650. The predicted molar refractivity (Wildman–Crippen MR) is 44.3 cm³/mol. The highest BCUT2D eigenvalue weighted by Crippen LogP contribution is 2.12. The van der Waals surface area contributed by atoms with Crippen LogP contribution in [0.5, 0.6) is 0 Å². The molecule has 2 nitrogen and oxygen atoms in total. The lowest BCUT2D eigenvalue weighted by Gasteiger charge is -1.91. The zero-order valence-corrected chi connectivity index (χ0v) is 7.06. The van der Waals surface area contributed by atoms with Crippen LogP contribution in [0.2, 0.25) is 0 Å². The minimum absolute atomic E-state index is 0.852. The summed E-state index contributed by atoms with van der Waals surface area (Å²) in [5, 5.41) is 2.91. The van der Waals surface area contributed by atoms with Crippen molar-refractivity contribution in [2.45, 2.75) is 20.8 Å². The van der Waals surface area contributed by atoms with Crippen LogP contribution in [0.1, 0.15) is 19.4 Å². The molecule has 0 amide bonds. The van der Waals surface area contributed by atoms with Crippen molar-refractivity contribution in [1.82, 2.24) is 0 Å². The van der Waals surface area contributed by atoms with Crippen molar-refractivity contribution in [2.24, 2.45) is 0 Å². The van der Waals surface area contributed by atoms with Gasteiger partial charge < -0.3 is 9.73 Å². The summed E-state index contributed by atoms with van der Waals surface area (Å²) < 4.78 is 5.00. The number of anilines is 1. The van der Waals surface area contributed by atoms with Crippen molar-refractivity contribution in [3.8, 4) is 0 Å². The smallest absolute Gasteiger partial charge is 0.195 e. The van der Waals surface area contributed by atoms with Crippen molar-refractivity contribution < 1.29 is 4.42 Å². The van der Waals surface area contributed by atoms with Gasteiger partial charge >= 0.3 is 0 Å². The first kappa shape index (κ1) is 9.08. The van der Waals surface area contributed by atoms with Crippen molar-refractivity contribution in [3.63, 3.8) is 0 Å². The van der Waals surface area contributed by atoms with Crippen LogP contribution in [-0.4, -0.2) is 7.05 Å². The number of aryl methyl sites for hydroxylation is 1. The molecule has 0 aliphatic rings. The fourth-order valence-electron chi connectivity index (χ4n) is 0.629. The molecular weight excluding hydrogens is 126 g/mol. The predicted octanol–water partition coefficient (Wildman–Crippen LogP) is 2.66. The maximum atomic E-state index is 5.00. The molecule has 10 heavy (non-hydrogen) atoms. The molecule has 0 saturated heterocycles. The van der Waals surface area contributed by atoms with Crippen LogP contribution >= 0.6 is 0 Å². The number of hydrogen-bond acceptors (Lipinski definition) is 2. The summed E-state index contributed by atoms with van der Waals surface area (Å²) in [4.78, 5) is 0. The van der Waals surface area contributed by atoms with Gasteiger partial charge in [0.1, 0.15) is 0 Å². The van der Waals surface area contributed by atoms with E-state index in [-0.39, 0.29) is 0 Å². The van der Waals surface area contributed by atoms with Gasteiger partial charge in [-0.1, -0.05) is 13.8 Å². The Morgan fingerprint density at radius 3 is 2.20 bits per heavy atom. The zero-order valence-electron chi connectivity index (χ0n) is 7.06. The number of hydrogen-bond donors (Lipinski definition) is 1. The summed E-state index contributed by atoms with van der Waals surface area (Å²) in [5.74, 6) is 0.852. The molecule has 0 spiro atoms. The third-order valence-electron chi connectivity index (χ3n) is 1.09. The van der Waals surface area contributed by atoms with Crippen LogP contribution in [0.4, 0.5) is 5.88 Å². The van der Waals surface area contributed by atoms with Gasteiger partial charge in [0, 0.05) is 12.6 Å². The molecule has 1 rings (SSSR count). The molecule has 58 valence electrons. The zero-order chi connectivity index (χ0) is 7.98. The van der Waals surface area contributed by atoms with Crippen LogP contribution in [0.25, 0.3) is 0 Å². The molecule has 1 aromatic heterocycles. The van der Waals surface area contributed by atoms with Crippen LogP contribution < -0.4 is 5.32 Å². The first-order valence-electron chi connectivity index (χ1n) is 3.56. The second kappa shape index (κ2) is 4.91. The maximum Gasteiger partial charge on any atom is 0.195 e. The van der Waals surface area contributed by atoms with Gasteiger partial charge in [-0.15, -0.1) is 0 Å². The summed E-state index contributed by atoms with van der Waals surface area (Å²) in [6.07, 6.45) is 1.67. The van der Waals surface area contributed by atoms with E-state index < -0.39 is 0 Å². The highest BCUT2D eigenvalue weighted by Gasteiger charge is 1.93. The van der Waals surface area contributed by atoms with Gasteiger partial charge in [-0.05, 0) is 13.0 Å². The second-order valence-electron chi connectivity index (χ2n) is 1.68. The lowest BCUT2D eigenvalue weighted by atomic mass is 10.4. The van der Waals surface area contributed by atoms with Gasteiger partial charge in [0.2, 0.25) is 0 Å². The first-order valence-corrected chi connectivity index (χ1v) is 3.56. The average Bonchev–Trinajstić information content (AvgIpc) is 2.39. The van der Waals surface area contributed by atoms with Gasteiger partial charge in [0.15, 0.2) is 5.88 Å². The van der Waals surface area contributed by atoms with Crippen LogP contribution in [0.3, 0.4) is 0 Å². The Morgan fingerprint density at radius 2 is 2.00 bits per heavy atom. The van der Waals surface area contributed by atoms with Crippen molar-refractivity contribution in [2.75, 3.05) is 12.4 Å². The minimum atomic E-state index is 0.852. The first-order chi connectivity index (χ1) is 4.84. The number of nitrogens with one attached hydrogen (secondary N) is 1. The van der Waals surface area contributed by atoms with E-state index in [0.29, 0.717) is 0 Å². The summed E-state index contributed by atoms with van der Waals surface area (Å²) in [7, 11) is 1.84. The van der Waals surface area contributed by atoms with Crippen LogP contribution in [-0.2, 0) is 0 Å². The van der Waals surface area contributed by atoms with E-state index in [1.54, 1.807) is 6.26 Å². The van der Waals surface area contributed by atoms with Gasteiger partial charge in [-0.2, -0.15) is 0 Å². The Balaban J connectivity index is 0.000000371. The average molecular weight is 141 g/mol. The van der Waals surface area contributed by atoms with Gasteiger partial charge in [-0.25, -0.2) is 0 Å². The molecule has 1 heterocycles. The van der Waals surface area contributed by atoms with E-state index in [9.17, 15) is 0 Å². The maximum absolute atomic E-state index is 5.00. The van der Waals surface area contributed by atoms with E-state index in [4.69, 9.17) is 4.42 Å². The second-order valence-corrected chi connectivity index (χ2v) is 1.68. The van der Waals surface area contributed by atoms with E-state index in [1.807, 2.05) is 33.9 Å².